The summed E-state index contributed by atoms with van der Waals surface area (Å²) in [5, 5.41) is 6.64. The summed E-state index contributed by atoms with van der Waals surface area (Å²) in [5.74, 6) is -0.298. The van der Waals surface area contributed by atoms with Gasteiger partial charge in [-0.05, 0) is 19.9 Å². The van der Waals surface area contributed by atoms with Gasteiger partial charge in [0.2, 0.25) is 0 Å². The molecular weight excluding hydrogens is 326 g/mol. The van der Waals surface area contributed by atoms with E-state index < -0.39 is 0 Å². The van der Waals surface area contributed by atoms with Crippen molar-refractivity contribution in [3.8, 4) is 11.3 Å². The Bertz CT molecular complexity index is 1100. The summed E-state index contributed by atoms with van der Waals surface area (Å²) < 4.78 is 6.85. The molecule has 0 atom stereocenters. The number of carbonyl (C=O) groups is 1. The maximum atomic E-state index is 12.1. The highest BCUT2D eigenvalue weighted by molar-refractivity contribution is 6.08. The summed E-state index contributed by atoms with van der Waals surface area (Å²) in [6.07, 6.45) is 1.83. The summed E-state index contributed by atoms with van der Waals surface area (Å²) in [6.45, 7) is 4.28. The first kappa shape index (κ1) is 16.3. The Hall–Kier alpha value is -3.21. The van der Waals surface area contributed by atoms with E-state index in [9.17, 15) is 4.79 Å². The first-order valence-electron chi connectivity index (χ1n) is 8.64. The molecule has 0 aliphatic rings. The molecule has 5 nitrogen and oxygen atoms in total. The molecule has 0 fully saturated rings. The lowest BCUT2D eigenvalue weighted by atomic mass is 10.1. The fourth-order valence-corrected chi connectivity index (χ4v) is 3.17. The van der Waals surface area contributed by atoms with Crippen molar-refractivity contribution in [3.63, 3.8) is 0 Å². The molecule has 5 heteroatoms. The number of rotatable bonds is 4. The van der Waals surface area contributed by atoms with Gasteiger partial charge in [-0.25, -0.2) is 0 Å². The number of pyridine rings is 1. The highest BCUT2D eigenvalue weighted by Gasteiger charge is 2.17. The van der Waals surface area contributed by atoms with Crippen LogP contribution in [0.4, 0.5) is 0 Å². The first-order chi connectivity index (χ1) is 12.7. The Morgan fingerprint density at radius 2 is 1.85 bits per heavy atom. The number of nitrogens with zero attached hydrogens (tertiary/aromatic N) is 3. The van der Waals surface area contributed by atoms with Gasteiger partial charge < -0.3 is 4.74 Å². The van der Waals surface area contributed by atoms with Crippen LogP contribution in [-0.2, 0) is 16.1 Å². The third-order valence-electron chi connectivity index (χ3n) is 4.39. The molecule has 0 N–H and O–H groups in total. The van der Waals surface area contributed by atoms with Crippen LogP contribution in [0, 0.1) is 6.92 Å². The zero-order valence-electron chi connectivity index (χ0n) is 14.8. The fraction of sp³-hybridized carbons (Fsp3) is 0.190. The predicted octanol–water partition coefficient (Wildman–Crippen LogP) is 4.12. The number of hydrogen-bond acceptors (Lipinski definition) is 4. The quantitative estimate of drug-likeness (QED) is 0.522. The molecule has 0 saturated heterocycles. The third-order valence-corrected chi connectivity index (χ3v) is 4.39. The maximum absolute atomic E-state index is 12.1. The van der Waals surface area contributed by atoms with Crippen LogP contribution in [0.25, 0.3) is 33.1 Å². The molecule has 0 spiro atoms. The molecule has 2 heterocycles. The highest BCUT2D eigenvalue weighted by atomic mass is 16.5. The third kappa shape index (κ3) is 2.81. The molecule has 130 valence electrons. The minimum Gasteiger partial charge on any atom is -0.465 e. The lowest BCUT2D eigenvalue weighted by Crippen LogP contribution is -2.14. The zero-order chi connectivity index (χ0) is 18.1. The summed E-state index contributed by atoms with van der Waals surface area (Å²) in [5.41, 5.74) is 4.79. The predicted molar refractivity (Wildman–Crippen MR) is 102 cm³/mol. The van der Waals surface area contributed by atoms with Gasteiger partial charge in [0.05, 0.1) is 17.6 Å². The number of aromatic nitrogens is 3. The SMILES string of the molecule is CCOC(=O)Cn1nc(-c2ccc(C)cc2)c2cnc3ccccc3c21. The molecule has 2 aromatic carbocycles. The molecule has 0 aliphatic carbocycles. The van der Waals surface area contributed by atoms with E-state index in [2.05, 4.69) is 24.0 Å². The average Bonchev–Trinajstić information content (AvgIpc) is 3.01. The molecule has 4 aromatic rings. The highest BCUT2D eigenvalue weighted by Crippen LogP contribution is 2.32. The molecule has 26 heavy (non-hydrogen) atoms. The van der Waals surface area contributed by atoms with Crippen molar-refractivity contribution in [3.05, 3.63) is 60.3 Å². The minimum absolute atomic E-state index is 0.0736. The summed E-state index contributed by atoms with van der Waals surface area (Å²) in [6, 6.07) is 16.1. The smallest absolute Gasteiger partial charge is 0.327 e. The Morgan fingerprint density at radius 3 is 2.62 bits per heavy atom. The van der Waals surface area contributed by atoms with Gasteiger partial charge in [0.1, 0.15) is 12.2 Å². The van der Waals surface area contributed by atoms with Crippen molar-refractivity contribution in [2.24, 2.45) is 0 Å². The van der Waals surface area contributed by atoms with E-state index in [-0.39, 0.29) is 12.5 Å². The van der Waals surface area contributed by atoms with Crippen LogP contribution in [-0.4, -0.2) is 27.3 Å². The lowest BCUT2D eigenvalue weighted by Gasteiger charge is -2.05. The van der Waals surface area contributed by atoms with E-state index >= 15 is 0 Å². The van der Waals surface area contributed by atoms with Gasteiger partial charge >= 0.3 is 5.97 Å². The Labute approximate surface area is 151 Å². The van der Waals surface area contributed by atoms with Crippen LogP contribution >= 0.6 is 0 Å². The van der Waals surface area contributed by atoms with E-state index in [4.69, 9.17) is 9.84 Å². The van der Waals surface area contributed by atoms with E-state index in [1.54, 1.807) is 11.6 Å². The minimum atomic E-state index is -0.298. The molecule has 2 aromatic heterocycles. The standard InChI is InChI=1S/C21H19N3O2/c1-3-26-19(25)13-24-21-16-6-4-5-7-18(16)22-12-17(21)20(23-24)15-10-8-14(2)9-11-15/h4-12H,3,13H2,1-2H3. The second-order valence-electron chi connectivity index (χ2n) is 6.21. The number of carbonyl (C=O) groups excluding carboxylic acids is 1. The van der Waals surface area contributed by atoms with Crippen molar-refractivity contribution < 1.29 is 9.53 Å². The van der Waals surface area contributed by atoms with Gasteiger partial charge in [-0.15, -0.1) is 0 Å². The van der Waals surface area contributed by atoms with Gasteiger partial charge in [0.15, 0.2) is 0 Å². The number of fused-ring (bicyclic) bond motifs is 3. The molecule has 0 aliphatic heterocycles. The Morgan fingerprint density at radius 1 is 1.08 bits per heavy atom. The van der Waals surface area contributed by atoms with Crippen LogP contribution in [0.3, 0.4) is 0 Å². The monoisotopic (exact) mass is 345 g/mol. The van der Waals surface area contributed by atoms with E-state index in [0.717, 1.165) is 33.1 Å². The van der Waals surface area contributed by atoms with Gasteiger partial charge in [-0.2, -0.15) is 5.10 Å². The number of para-hydroxylation sites is 1. The van der Waals surface area contributed by atoms with Crippen LogP contribution in [0.15, 0.2) is 54.7 Å². The number of hydrogen-bond donors (Lipinski definition) is 0. The first-order valence-corrected chi connectivity index (χ1v) is 8.64. The number of benzene rings is 2. The molecule has 0 unspecified atom stereocenters. The van der Waals surface area contributed by atoms with Gasteiger partial charge in [-0.1, -0.05) is 48.0 Å². The van der Waals surface area contributed by atoms with Gasteiger partial charge in [0, 0.05) is 22.5 Å². The molecular formula is C21H19N3O2. The van der Waals surface area contributed by atoms with E-state index in [0.29, 0.717) is 6.61 Å². The molecule has 0 radical (unpaired) electrons. The molecule has 4 rings (SSSR count). The second kappa shape index (κ2) is 6.59. The summed E-state index contributed by atoms with van der Waals surface area (Å²) in [7, 11) is 0. The average molecular weight is 345 g/mol. The number of aryl methyl sites for hydroxylation is 1. The van der Waals surface area contributed by atoms with Crippen molar-refractivity contribution >= 4 is 27.8 Å². The molecule has 0 bridgehead atoms. The lowest BCUT2D eigenvalue weighted by molar-refractivity contribution is -0.143. The van der Waals surface area contributed by atoms with Crippen LogP contribution in [0.1, 0.15) is 12.5 Å². The Kier molecular flexibility index (Phi) is 4.13. The van der Waals surface area contributed by atoms with Crippen molar-refractivity contribution in [2.75, 3.05) is 6.61 Å². The number of esters is 1. The topological polar surface area (TPSA) is 57.0 Å². The van der Waals surface area contributed by atoms with E-state index in [1.807, 2.05) is 42.6 Å². The fourth-order valence-electron chi connectivity index (χ4n) is 3.17. The zero-order valence-corrected chi connectivity index (χ0v) is 14.8. The normalized spacial score (nSPS) is 11.2. The summed E-state index contributed by atoms with van der Waals surface area (Å²) >= 11 is 0. The molecule has 0 amide bonds. The van der Waals surface area contributed by atoms with Crippen molar-refractivity contribution in [1.29, 1.82) is 0 Å². The van der Waals surface area contributed by atoms with Crippen LogP contribution in [0.2, 0.25) is 0 Å². The van der Waals surface area contributed by atoms with E-state index in [1.165, 1.54) is 5.56 Å². The second-order valence-corrected chi connectivity index (χ2v) is 6.21. The number of ether oxygens (including phenoxy) is 1. The van der Waals surface area contributed by atoms with Gasteiger partial charge in [0.25, 0.3) is 0 Å². The van der Waals surface area contributed by atoms with Gasteiger partial charge in [-0.3, -0.25) is 14.5 Å². The maximum Gasteiger partial charge on any atom is 0.327 e. The van der Waals surface area contributed by atoms with Crippen molar-refractivity contribution in [2.45, 2.75) is 20.4 Å². The molecule has 0 saturated carbocycles. The van der Waals surface area contributed by atoms with Crippen LogP contribution < -0.4 is 0 Å². The van der Waals surface area contributed by atoms with Crippen LogP contribution in [0.5, 0.6) is 0 Å². The summed E-state index contributed by atoms with van der Waals surface area (Å²) in [4.78, 5) is 16.7. The Balaban J connectivity index is 1.97. The van der Waals surface area contributed by atoms with Crippen molar-refractivity contribution in [1.82, 2.24) is 14.8 Å². The largest absolute Gasteiger partial charge is 0.465 e.